The van der Waals surface area contributed by atoms with Crippen LogP contribution in [0.25, 0.3) is 0 Å². The summed E-state index contributed by atoms with van der Waals surface area (Å²) in [5.74, 6) is 0.525. The van der Waals surface area contributed by atoms with Crippen LogP contribution in [0.3, 0.4) is 0 Å². The molecule has 204 valence electrons. The zero-order valence-electron chi connectivity index (χ0n) is 23.3. The summed E-state index contributed by atoms with van der Waals surface area (Å²) in [4.78, 5) is 29.2. The fourth-order valence-electron chi connectivity index (χ4n) is 5.20. The number of para-hydroxylation sites is 1. The molecule has 1 atom stereocenters. The van der Waals surface area contributed by atoms with E-state index in [0.29, 0.717) is 25.4 Å². The van der Waals surface area contributed by atoms with Gasteiger partial charge in [0, 0.05) is 18.2 Å². The summed E-state index contributed by atoms with van der Waals surface area (Å²) in [6.07, 6.45) is 14.4. The fourth-order valence-corrected chi connectivity index (χ4v) is 5.20. The zero-order valence-corrected chi connectivity index (χ0v) is 23.3. The van der Waals surface area contributed by atoms with Gasteiger partial charge in [-0.15, -0.1) is 0 Å². The highest BCUT2D eigenvalue weighted by atomic mass is 16.5. The van der Waals surface area contributed by atoms with Gasteiger partial charge in [0.05, 0.1) is 19.4 Å². The molecule has 2 amide bonds. The number of carbonyl (C=O) groups excluding carboxylic acids is 2. The van der Waals surface area contributed by atoms with Crippen LogP contribution >= 0.6 is 0 Å². The molecule has 0 radical (unpaired) electrons. The molecule has 2 aliphatic rings. The number of hydrogen-bond acceptors (Lipinski definition) is 5. The Bertz CT molecular complexity index is 952. The molecule has 1 saturated heterocycles. The monoisotopic (exact) mass is 510 g/mol. The molecule has 1 aliphatic heterocycles. The van der Waals surface area contributed by atoms with Crippen molar-refractivity contribution in [3.8, 4) is 5.75 Å². The van der Waals surface area contributed by atoms with Crippen molar-refractivity contribution in [1.82, 2.24) is 15.2 Å². The number of benzene rings is 1. The summed E-state index contributed by atoms with van der Waals surface area (Å²) in [7, 11) is 0. The van der Waals surface area contributed by atoms with Gasteiger partial charge in [-0.3, -0.25) is 14.6 Å². The highest BCUT2D eigenvalue weighted by molar-refractivity contribution is 6.00. The summed E-state index contributed by atoms with van der Waals surface area (Å²) >= 11 is 0. The van der Waals surface area contributed by atoms with Gasteiger partial charge in [-0.25, -0.2) is 0 Å². The third-order valence-corrected chi connectivity index (χ3v) is 7.46. The normalized spacial score (nSPS) is 22.8. The second-order valence-electron chi connectivity index (χ2n) is 10.5. The summed E-state index contributed by atoms with van der Waals surface area (Å²) in [5, 5.41) is 9.73. The van der Waals surface area contributed by atoms with E-state index in [1.54, 1.807) is 22.2 Å². The molecule has 7 nitrogen and oxygen atoms in total. The van der Waals surface area contributed by atoms with E-state index in [1.165, 1.54) is 19.3 Å². The third kappa shape index (κ3) is 7.36. The average Bonchev–Trinajstić information content (AvgIpc) is 2.87. The van der Waals surface area contributed by atoms with Gasteiger partial charge in [-0.2, -0.15) is 5.10 Å². The van der Waals surface area contributed by atoms with Crippen molar-refractivity contribution in [3.05, 3.63) is 41.6 Å². The number of unbranched alkanes of at least 4 members (excludes halogenated alkanes) is 1. The first-order valence-corrected chi connectivity index (χ1v) is 14.3. The second kappa shape index (κ2) is 14.2. The maximum absolute atomic E-state index is 13.8. The Labute approximate surface area is 223 Å². The van der Waals surface area contributed by atoms with Gasteiger partial charge in [-0.1, -0.05) is 70.6 Å². The van der Waals surface area contributed by atoms with Crippen LogP contribution in [0.4, 0.5) is 0 Å². The predicted octanol–water partition coefficient (Wildman–Crippen LogP) is 5.65. The van der Waals surface area contributed by atoms with Crippen molar-refractivity contribution in [2.75, 3.05) is 19.7 Å². The first-order valence-electron chi connectivity index (χ1n) is 14.3. The molecule has 2 fully saturated rings. The number of carbonyl (C=O) groups is 2. The Balaban J connectivity index is 1.85. The Morgan fingerprint density at radius 3 is 2.51 bits per heavy atom. The lowest BCUT2D eigenvalue weighted by Crippen LogP contribution is -2.68. The summed E-state index contributed by atoms with van der Waals surface area (Å²) in [5.41, 5.74) is 0.319. The van der Waals surface area contributed by atoms with Crippen LogP contribution in [0.2, 0.25) is 0 Å². The fraction of sp³-hybridized carbons (Fsp3) is 0.633. The van der Waals surface area contributed by atoms with Crippen molar-refractivity contribution >= 4 is 18.0 Å². The van der Waals surface area contributed by atoms with Gasteiger partial charge in [0.2, 0.25) is 5.91 Å². The quantitative estimate of drug-likeness (QED) is 0.251. The van der Waals surface area contributed by atoms with E-state index >= 15 is 0 Å². The minimum Gasteiger partial charge on any atom is -0.493 e. The lowest BCUT2D eigenvalue weighted by Gasteiger charge is -2.47. The minimum absolute atomic E-state index is 0.0847. The third-order valence-electron chi connectivity index (χ3n) is 7.46. The number of amides is 2. The Hall–Kier alpha value is -2.83. The molecule has 1 heterocycles. The lowest BCUT2D eigenvalue weighted by atomic mass is 9.91. The predicted molar refractivity (Wildman–Crippen MR) is 150 cm³/mol. The molecule has 1 N–H and O–H groups in total. The van der Waals surface area contributed by atoms with Crippen LogP contribution in [0.15, 0.2) is 41.1 Å². The lowest BCUT2D eigenvalue weighted by molar-refractivity contribution is -0.151. The van der Waals surface area contributed by atoms with Crippen molar-refractivity contribution in [2.24, 2.45) is 5.10 Å². The number of ether oxygens (including phenoxy) is 1. The first kappa shape index (κ1) is 28.7. The van der Waals surface area contributed by atoms with E-state index in [2.05, 4.69) is 12.2 Å². The highest BCUT2D eigenvalue weighted by Gasteiger charge is 2.49. The number of nitrogens with one attached hydrogen (secondary N) is 1. The summed E-state index contributed by atoms with van der Waals surface area (Å²) in [6.45, 7) is 9.37. The number of hydrazone groups is 1. The Kier molecular flexibility index (Phi) is 11.0. The van der Waals surface area contributed by atoms with Crippen molar-refractivity contribution in [2.45, 2.75) is 103 Å². The number of piperazine rings is 1. The van der Waals surface area contributed by atoms with Crippen LogP contribution in [0, 0.1) is 0 Å². The van der Waals surface area contributed by atoms with E-state index in [0.717, 1.165) is 56.3 Å². The van der Waals surface area contributed by atoms with Crippen LogP contribution in [-0.2, 0) is 9.59 Å². The highest BCUT2D eigenvalue weighted by Crippen LogP contribution is 2.30. The number of rotatable bonds is 10. The van der Waals surface area contributed by atoms with Crippen LogP contribution in [0.1, 0.15) is 97.5 Å². The molecular formula is C30H46N4O3. The molecule has 37 heavy (non-hydrogen) atoms. The SMILES string of the molecule is C/C=C1/C(=O)N(CCC)C(C)(C(=O)NC2CCCCCCC2)CN1/N=C/c1ccccc1OCCCC. The maximum atomic E-state index is 13.8. The Morgan fingerprint density at radius 1 is 1.14 bits per heavy atom. The van der Waals surface area contributed by atoms with Gasteiger partial charge >= 0.3 is 0 Å². The number of hydrogen-bond donors (Lipinski definition) is 1. The van der Waals surface area contributed by atoms with E-state index in [4.69, 9.17) is 9.84 Å². The molecule has 0 aromatic heterocycles. The standard InChI is InChI=1S/C30H46N4O3/c1-5-8-21-37-27-19-15-14-16-24(27)22-31-34-23-30(4,33(20-6-2)28(35)26(34)7-3)29(36)32-25-17-12-10-9-11-13-18-25/h7,14-16,19,22,25H,5-6,8-13,17-18,20-21,23H2,1-4H3,(H,32,36)/b26-7-,31-22+. The summed E-state index contributed by atoms with van der Waals surface area (Å²) in [6, 6.07) is 7.94. The molecule has 1 unspecified atom stereocenters. The van der Waals surface area contributed by atoms with Crippen molar-refractivity contribution in [3.63, 3.8) is 0 Å². The second-order valence-corrected chi connectivity index (χ2v) is 10.5. The van der Waals surface area contributed by atoms with Crippen LogP contribution in [0.5, 0.6) is 5.75 Å². The average molecular weight is 511 g/mol. The van der Waals surface area contributed by atoms with Crippen LogP contribution in [-0.4, -0.2) is 59.2 Å². The molecule has 1 saturated carbocycles. The topological polar surface area (TPSA) is 74.2 Å². The molecular weight excluding hydrogens is 464 g/mol. The smallest absolute Gasteiger partial charge is 0.272 e. The molecule has 0 bridgehead atoms. The van der Waals surface area contributed by atoms with Crippen molar-refractivity contribution < 1.29 is 14.3 Å². The van der Waals surface area contributed by atoms with Gasteiger partial charge in [-0.05, 0) is 51.7 Å². The van der Waals surface area contributed by atoms with E-state index < -0.39 is 5.54 Å². The molecule has 1 aromatic carbocycles. The number of nitrogens with zero attached hydrogens (tertiary/aromatic N) is 3. The van der Waals surface area contributed by atoms with Gasteiger partial charge in [0.25, 0.3) is 5.91 Å². The number of allylic oxidation sites excluding steroid dienone is 1. The molecule has 3 rings (SSSR count). The van der Waals surface area contributed by atoms with E-state index in [-0.39, 0.29) is 17.9 Å². The summed E-state index contributed by atoms with van der Waals surface area (Å²) < 4.78 is 5.96. The molecule has 1 aliphatic carbocycles. The van der Waals surface area contributed by atoms with Gasteiger partial charge < -0.3 is 15.0 Å². The largest absolute Gasteiger partial charge is 0.493 e. The van der Waals surface area contributed by atoms with E-state index in [1.807, 2.05) is 45.0 Å². The van der Waals surface area contributed by atoms with E-state index in [9.17, 15) is 9.59 Å². The van der Waals surface area contributed by atoms with Gasteiger partial charge in [0.1, 0.15) is 17.0 Å². The van der Waals surface area contributed by atoms with Crippen LogP contribution < -0.4 is 10.1 Å². The molecule has 0 spiro atoms. The zero-order chi connectivity index (χ0) is 26.7. The molecule has 1 aromatic rings. The minimum atomic E-state index is -1.02. The maximum Gasteiger partial charge on any atom is 0.272 e. The van der Waals surface area contributed by atoms with Crippen molar-refractivity contribution in [1.29, 1.82) is 0 Å². The Morgan fingerprint density at radius 2 is 1.84 bits per heavy atom. The van der Waals surface area contributed by atoms with Gasteiger partial charge in [0.15, 0.2) is 0 Å². The molecule has 7 heteroatoms. The first-order chi connectivity index (χ1) is 17.9.